The van der Waals surface area contributed by atoms with Gasteiger partial charge in [-0.2, -0.15) is 0 Å². The largest absolute Gasteiger partial charge is 0.378 e. The normalized spacial score (nSPS) is 15.4. The summed E-state index contributed by atoms with van der Waals surface area (Å²) in [5, 5.41) is 11.4. The number of amides is 2. The minimum absolute atomic E-state index is 0.0590. The molecule has 41 heavy (non-hydrogen) atoms. The number of ether oxygens (including phenoxy) is 1. The van der Waals surface area contributed by atoms with Crippen molar-refractivity contribution in [3.63, 3.8) is 0 Å². The van der Waals surface area contributed by atoms with Gasteiger partial charge >= 0.3 is 0 Å². The highest BCUT2D eigenvalue weighted by atomic mass is 16.5. The molecule has 0 radical (unpaired) electrons. The zero-order chi connectivity index (χ0) is 28.9. The van der Waals surface area contributed by atoms with E-state index in [2.05, 4.69) is 15.6 Å². The summed E-state index contributed by atoms with van der Waals surface area (Å²) in [6, 6.07) is 20.7. The molecule has 3 aromatic carbocycles. The summed E-state index contributed by atoms with van der Waals surface area (Å²) in [6.07, 6.45) is 1.77. The Balaban J connectivity index is 1.56. The van der Waals surface area contributed by atoms with E-state index >= 15 is 0 Å². The van der Waals surface area contributed by atoms with Crippen molar-refractivity contribution in [2.75, 3.05) is 37.0 Å². The van der Waals surface area contributed by atoms with Crippen molar-refractivity contribution >= 4 is 40.0 Å². The summed E-state index contributed by atoms with van der Waals surface area (Å²) in [5.74, 6) is -0.774. The first-order valence-electron chi connectivity index (χ1n) is 13.7. The molecule has 212 valence electrons. The van der Waals surface area contributed by atoms with Crippen LogP contribution in [0.4, 0.5) is 11.4 Å². The van der Waals surface area contributed by atoms with Crippen molar-refractivity contribution in [3.8, 4) is 0 Å². The van der Waals surface area contributed by atoms with Gasteiger partial charge in [0.15, 0.2) is 5.78 Å². The van der Waals surface area contributed by atoms with E-state index in [1.807, 2.05) is 67.5 Å². The molecule has 0 bridgehead atoms. The van der Waals surface area contributed by atoms with Gasteiger partial charge in [0.05, 0.1) is 11.6 Å². The number of fused-ring (bicyclic) bond motifs is 1. The number of para-hydroxylation sites is 1. The summed E-state index contributed by atoms with van der Waals surface area (Å²) in [6.45, 7) is 2.38. The number of hydrogen-bond donors (Lipinski definition) is 1. The zero-order valence-electron chi connectivity index (χ0n) is 23.5. The van der Waals surface area contributed by atoms with Crippen LogP contribution in [0.1, 0.15) is 41.7 Å². The zero-order valence-corrected chi connectivity index (χ0v) is 23.5. The topological polar surface area (TPSA) is 110 Å². The number of aromatic nitrogens is 3. The SMILES string of the molecule is CC(=O)c1ccc(N(C(=O)Cn2nnc3ccccc32)[C@@H](C(=O)NC[C@@H]2CCCO2)c2ccc(N(C)C)cc2)cc1. The van der Waals surface area contributed by atoms with Gasteiger partial charge in [0.2, 0.25) is 11.8 Å². The number of nitrogens with zero attached hydrogens (tertiary/aromatic N) is 5. The fourth-order valence-electron chi connectivity index (χ4n) is 5.02. The Labute approximate surface area is 238 Å². The quantitative estimate of drug-likeness (QED) is 0.297. The number of nitrogens with one attached hydrogen (secondary N) is 1. The van der Waals surface area contributed by atoms with Gasteiger partial charge in [0.25, 0.3) is 0 Å². The number of benzene rings is 3. The van der Waals surface area contributed by atoms with Gasteiger partial charge in [-0.15, -0.1) is 5.10 Å². The standard InChI is InChI=1S/C31H34N6O4/c1-21(38)22-10-16-25(17-11-22)37(29(39)20-36-28-9-5-4-8-27(28)33-34-36)30(23-12-14-24(15-13-23)35(2)3)31(40)32-19-26-7-6-18-41-26/h4-5,8-17,26,30H,6-7,18-20H2,1-3H3,(H,32,40)/t26-,30+/m0/s1. The van der Waals surface area contributed by atoms with Crippen LogP contribution in [0.15, 0.2) is 72.8 Å². The second kappa shape index (κ2) is 12.3. The van der Waals surface area contributed by atoms with Crippen LogP contribution in [0.2, 0.25) is 0 Å². The third kappa shape index (κ3) is 6.28. The molecule has 0 saturated carbocycles. The Bertz CT molecular complexity index is 1520. The fraction of sp³-hybridized carbons (Fsp3) is 0.323. The Morgan fingerprint density at radius 3 is 2.37 bits per heavy atom. The van der Waals surface area contributed by atoms with E-state index in [0.29, 0.717) is 41.0 Å². The van der Waals surface area contributed by atoms with Gasteiger partial charge < -0.3 is 15.0 Å². The van der Waals surface area contributed by atoms with Crippen molar-refractivity contribution in [3.05, 3.63) is 83.9 Å². The Kier molecular flexibility index (Phi) is 8.39. The van der Waals surface area contributed by atoms with Crippen LogP contribution in [0.25, 0.3) is 11.0 Å². The van der Waals surface area contributed by atoms with Crippen LogP contribution in [-0.2, 0) is 20.9 Å². The second-order valence-electron chi connectivity index (χ2n) is 10.4. The average molecular weight is 555 g/mol. The van der Waals surface area contributed by atoms with E-state index in [9.17, 15) is 14.4 Å². The molecule has 10 heteroatoms. The van der Waals surface area contributed by atoms with Crippen molar-refractivity contribution in [2.24, 2.45) is 0 Å². The second-order valence-corrected chi connectivity index (χ2v) is 10.4. The van der Waals surface area contributed by atoms with Gasteiger partial charge in [-0.25, -0.2) is 4.68 Å². The maximum atomic E-state index is 14.2. The molecule has 1 fully saturated rings. The van der Waals surface area contributed by atoms with Crippen LogP contribution in [-0.4, -0.2) is 65.9 Å². The third-order valence-corrected chi connectivity index (χ3v) is 7.29. The molecule has 10 nitrogen and oxygen atoms in total. The number of hydrogen-bond acceptors (Lipinski definition) is 7. The molecule has 4 aromatic rings. The van der Waals surface area contributed by atoms with E-state index in [0.717, 1.165) is 18.5 Å². The van der Waals surface area contributed by atoms with Gasteiger partial charge in [0, 0.05) is 44.2 Å². The highest BCUT2D eigenvalue weighted by Gasteiger charge is 2.34. The van der Waals surface area contributed by atoms with Gasteiger partial charge in [-0.05, 0) is 73.9 Å². The molecule has 0 unspecified atom stereocenters. The van der Waals surface area contributed by atoms with Gasteiger partial charge in [-0.1, -0.05) is 29.5 Å². The van der Waals surface area contributed by atoms with E-state index in [-0.39, 0.29) is 30.2 Å². The molecule has 1 aromatic heterocycles. The first-order chi connectivity index (χ1) is 19.8. The number of rotatable bonds is 10. The lowest BCUT2D eigenvalue weighted by Crippen LogP contribution is -2.46. The number of Topliss-reactive ketones (excluding diaryl/α,β-unsaturated/α-hetero) is 1. The van der Waals surface area contributed by atoms with Crippen LogP contribution < -0.4 is 15.1 Å². The van der Waals surface area contributed by atoms with Crippen molar-refractivity contribution in [2.45, 2.75) is 38.5 Å². The highest BCUT2D eigenvalue weighted by molar-refractivity contribution is 6.02. The molecule has 1 aliphatic heterocycles. The van der Waals surface area contributed by atoms with Gasteiger partial charge in [-0.3, -0.25) is 19.3 Å². The Morgan fingerprint density at radius 1 is 1.00 bits per heavy atom. The van der Waals surface area contributed by atoms with Gasteiger partial charge in [0.1, 0.15) is 18.1 Å². The summed E-state index contributed by atoms with van der Waals surface area (Å²) in [7, 11) is 3.88. The van der Waals surface area contributed by atoms with E-state index in [4.69, 9.17) is 4.74 Å². The molecular weight excluding hydrogens is 520 g/mol. The summed E-state index contributed by atoms with van der Waals surface area (Å²) in [4.78, 5) is 43.6. The summed E-state index contributed by atoms with van der Waals surface area (Å²) < 4.78 is 7.25. The molecule has 2 atom stereocenters. The van der Waals surface area contributed by atoms with Crippen LogP contribution in [0.5, 0.6) is 0 Å². The first-order valence-corrected chi connectivity index (χ1v) is 13.7. The molecule has 1 saturated heterocycles. The lowest BCUT2D eigenvalue weighted by molar-refractivity contribution is -0.127. The monoisotopic (exact) mass is 554 g/mol. The predicted molar refractivity (Wildman–Crippen MR) is 157 cm³/mol. The molecule has 5 rings (SSSR count). The molecule has 1 aliphatic rings. The Hall–Kier alpha value is -4.57. The average Bonchev–Trinajstić information content (AvgIpc) is 3.65. The third-order valence-electron chi connectivity index (χ3n) is 7.29. The Morgan fingerprint density at radius 2 is 1.71 bits per heavy atom. The van der Waals surface area contributed by atoms with Crippen molar-refractivity contribution < 1.29 is 19.1 Å². The minimum atomic E-state index is -0.988. The van der Waals surface area contributed by atoms with Crippen LogP contribution in [0, 0.1) is 0 Å². The predicted octanol–water partition coefficient (Wildman–Crippen LogP) is 3.77. The lowest BCUT2D eigenvalue weighted by Gasteiger charge is -2.32. The van der Waals surface area contributed by atoms with Crippen molar-refractivity contribution in [1.29, 1.82) is 0 Å². The summed E-state index contributed by atoms with van der Waals surface area (Å²) >= 11 is 0. The molecule has 0 spiro atoms. The maximum absolute atomic E-state index is 14.2. The summed E-state index contributed by atoms with van der Waals surface area (Å²) in [5.41, 5.74) is 3.99. The first kappa shape index (κ1) is 28.0. The highest BCUT2D eigenvalue weighted by Crippen LogP contribution is 2.30. The van der Waals surface area contributed by atoms with E-state index in [1.54, 1.807) is 24.3 Å². The minimum Gasteiger partial charge on any atom is -0.378 e. The number of carbonyl (C=O) groups excluding carboxylic acids is 3. The number of anilines is 2. The van der Waals surface area contributed by atoms with Crippen LogP contribution >= 0.6 is 0 Å². The molecule has 2 amide bonds. The smallest absolute Gasteiger partial charge is 0.249 e. The van der Waals surface area contributed by atoms with E-state index in [1.165, 1.54) is 16.5 Å². The fourth-order valence-corrected chi connectivity index (χ4v) is 5.02. The lowest BCUT2D eigenvalue weighted by atomic mass is 10.0. The van der Waals surface area contributed by atoms with E-state index < -0.39 is 6.04 Å². The number of ketones is 1. The maximum Gasteiger partial charge on any atom is 0.249 e. The molecule has 2 heterocycles. The molecule has 0 aliphatic carbocycles. The number of carbonyl (C=O) groups is 3. The van der Waals surface area contributed by atoms with Crippen molar-refractivity contribution in [1.82, 2.24) is 20.3 Å². The molecular formula is C31H34N6O4. The van der Waals surface area contributed by atoms with Crippen LogP contribution in [0.3, 0.4) is 0 Å². The molecule has 1 N–H and O–H groups in total.